The van der Waals surface area contributed by atoms with E-state index < -0.39 is 0 Å². The summed E-state index contributed by atoms with van der Waals surface area (Å²) in [5.74, 6) is 0.590. The van der Waals surface area contributed by atoms with Gasteiger partial charge < -0.3 is 4.74 Å². The van der Waals surface area contributed by atoms with E-state index in [0.717, 1.165) is 36.4 Å². The molecule has 0 saturated carbocycles. The maximum atomic E-state index is 14.0. The molecule has 2 aromatic heterocycles. The number of imidazole rings is 1. The molecule has 1 saturated heterocycles. The molecule has 1 fully saturated rings. The molecule has 5 heteroatoms. The van der Waals surface area contributed by atoms with E-state index in [2.05, 4.69) is 9.97 Å². The van der Waals surface area contributed by atoms with Crippen LogP contribution >= 0.6 is 0 Å². The van der Waals surface area contributed by atoms with Crippen LogP contribution in [0.1, 0.15) is 30.5 Å². The number of nitrogens with zero attached hydrogens (tertiary/aromatic N) is 3. The highest BCUT2D eigenvalue weighted by Crippen LogP contribution is 2.29. The maximum Gasteiger partial charge on any atom is 0.162 e. The van der Waals surface area contributed by atoms with Gasteiger partial charge in [-0.2, -0.15) is 0 Å². The fourth-order valence-electron chi connectivity index (χ4n) is 2.98. The van der Waals surface area contributed by atoms with Gasteiger partial charge in [0.15, 0.2) is 5.65 Å². The lowest BCUT2D eigenvalue weighted by Gasteiger charge is -2.15. The second-order valence-corrected chi connectivity index (χ2v) is 5.48. The predicted octanol–water partition coefficient (Wildman–Crippen LogP) is 3.47. The van der Waals surface area contributed by atoms with Gasteiger partial charge in [-0.15, -0.1) is 0 Å². The van der Waals surface area contributed by atoms with Gasteiger partial charge in [0, 0.05) is 19.2 Å². The number of hydrogen-bond donors (Lipinski definition) is 0. The number of ether oxygens (including phenoxy) is 1. The van der Waals surface area contributed by atoms with Gasteiger partial charge in [0.1, 0.15) is 23.4 Å². The van der Waals surface area contributed by atoms with Crippen LogP contribution in [0, 0.1) is 5.82 Å². The third-order valence-electron chi connectivity index (χ3n) is 4.02. The Morgan fingerprint density at radius 1 is 1.23 bits per heavy atom. The SMILES string of the molecule is Fc1ccccc1Cc1nc2cccnc2n1C1CCCO1. The predicted molar refractivity (Wildman–Crippen MR) is 81.0 cm³/mol. The van der Waals surface area contributed by atoms with Crippen LogP contribution in [0.3, 0.4) is 0 Å². The van der Waals surface area contributed by atoms with Gasteiger partial charge in [0.05, 0.1) is 0 Å². The Balaban J connectivity index is 1.82. The van der Waals surface area contributed by atoms with Crippen molar-refractivity contribution in [3.8, 4) is 0 Å². The molecule has 0 bridgehead atoms. The summed E-state index contributed by atoms with van der Waals surface area (Å²) in [7, 11) is 0. The quantitative estimate of drug-likeness (QED) is 0.743. The van der Waals surface area contributed by atoms with E-state index in [-0.39, 0.29) is 12.0 Å². The van der Waals surface area contributed by atoms with E-state index in [1.165, 1.54) is 6.07 Å². The third-order valence-corrected chi connectivity index (χ3v) is 4.02. The molecular formula is C17H16FN3O. The van der Waals surface area contributed by atoms with Crippen molar-refractivity contribution in [2.45, 2.75) is 25.5 Å². The van der Waals surface area contributed by atoms with Gasteiger partial charge >= 0.3 is 0 Å². The Labute approximate surface area is 127 Å². The van der Waals surface area contributed by atoms with Gasteiger partial charge in [-0.1, -0.05) is 18.2 Å². The van der Waals surface area contributed by atoms with Crippen molar-refractivity contribution >= 4 is 11.2 Å². The molecule has 0 spiro atoms. The number of hydrogen-bond acceptors (Lipinski definition) is 3. The van der Waals surface area contributed by atoms with Crippen molar-refractivity contribution < 1.29 is 9.13 Å². The first-order valence-corrected chi connectivity index (χ1v) is 7.50. The number of fused-ring (bicyclic) bond motifs is 1. The highest BCUT2D eigenvalue weighted by Gasteiger charge is 2.24. The minimum atomic E-state index is -0.207. The first-order chi connectivity index (χ1) is 10.8. The van der Waals surface area contributed by atoms with Gasteiger partial charge in [-0.3, -0.25) is 4.57 Å². The zero-order valence-corrected chi connectivity index (χ0v) is 12.1. The summed E-state index contributed by atoms with van der Waals surface area (Å²) in [5, 5.41) is 0. The smallest absolute Gasteiger partial charge is 0.162 e. The Bertz CT molecular complexity index is 809. The first-order valence-electron chi connectivity index (χ1n) is 7.50. The Hall–Kier alpha value is -2.27. The molecule has 4 nitrogen and oxygen atoms in total. The second kappa shape index (κ2) is 5.50. The van der Waals surface area contributed by atoms with Crippen molar-refractivity contribution in [2.75, 3.05) is 6.61 Å². The lowest BCUT2D eigenvalue weighted by atomic mass is 10.1. The van der Waals surface area contributed by atoms with Crippen LogP contribution in [0.5, 0.6) is 0 Å². The highest BCUT2D eigenvalue weighted by molar-refractivity contribution is 5.71. The van der Waals surface area contributed by atoms with Crippen molar-refractivity contribution in [1.29, 1.82) is 0 Å². The fourth-order valence-corrected chi connectivity index (χ4v) is 2.98. The molecule has 3 heterocycles. The lowest BCUT2D eigenvalue weighted by Crippen LogP contribution is -2.12. The van der Waals surface area contributed by atoms with Crippen LogP contribution in [-0.2, 0) is 11.2 Å². The van der Waals surface area contributed by atoms with E-state index in [9.17, 15) is 4.39 Å². The first kappa shape index (κ1) is 13.4. The van der Waals surface area contributed by atoms with Crippen LogP contribution < -0.4 is 0 Å². The van der Waals surface area contributed by atoms with Crippen LogP contribution in [0.15, 0.2) is 42.6 Å². The summed E-state index contributed by atoms with van der Waals surface area (Å²) in [4.78, 5) is 9.08. The van der Waals surface area contributed by atoms with E-state index in [4.69, 9.17) is 4.74 Å². The van der Waals surface area contributed by atoms with Crippen LogP contribution in [-0.4, -0.2) is 21.1 Å². The summed E-state index contributed by atoms with van der Waals surface area (Å²) in [6.45, 7) is 0.746. The normalized spacial score (nSPS) is 18.1. The molecule has 22 heavy (non-hydrogen) atoms. The van der Waals surface area contributed by atoms with Crippen molar-refractivity contribution in [2.24, 2.45) is 0 Å². The molecule has 1 atom stereocenters. The fraction of sp³-hybridized carbons (Fsp3) is 0.294. The molecule has 0 amide bonds. The largest absolute Gasteiger partial charge is 0.358 e. The summed E-state index contributed by atoms with van der Waals surface area (Å²) >= 11 is 0. The van der Waals surface area contributed by atoms with Crippen LogP contribution in [0.2, 0.25) is 0 Å². The highest BCUT2D eigenvalue weighted by atomic mass is 19.1. The summed E-state index contributed by atoms with van der Waals surface area (Å²) < 4.78 is 21.8. The molecule has 0 N–H and O–H groups in total. The molecular weight excluding hydrogens is 281 g/mol. The van der Waals surface area contributed by atoms with E-state index in [0.29, 0.717) is 12.0 Å². The van der Waals surface area contributed by atoms with Crippen molar-refractivity contribution in [1.82, 2.24) is 14.5 Å². The lowest BCUT2D eigenvalue weighted by molar-refractivity contribution is 0.0573. The summed E-state index contributed by atoms with van der Waals surface area (Å²) in [6.07, 6.45) is 4.09. The van der Waals surface area contributed by atoms with Crippen LogP contribution in [0.4, 0.5) is 4.39 Å². The molecule has 1 unspecified atom stereocenters. The topological polar surface area (TPSA) is 39.9 Å². The van der Waals surface area contributed by atoms with Gasteiger partial charge in [-0.05, 0) is 36.6 Å². The zero-order chi connectivity index (χ0) is 14.9. The standard InChI is InChI=1S/C17H16FN3O/c18-13-6-2-1-5-12(13)11-15-20-14-7-3-9-19-17(14)21(15)16-8-4-10-22-16/h1-3,5-7,9,16H,4,8,10-11H2. The Kier molecular flexibility index (Phi) is 3.35. The molecule has 0 aliphatic carbocycles. The monoisotopic (exact) mass is 297 g/mol. The van der Waals surface area contributed by atoms with E-state index in [1.54, 1.807) is 18.3 Å². The summed E-state index contributed by atoms with van der Waals surface area (Å²) in [6, 6.07) is 10.6. The van der Waals surface area contributed by atoms with Crippen molar-refractivity contribution in [3.63, 3.8) is 0 Å². The Morgan fingerprint density at radius 3 is 2.95 bits per heavy atom. The van der Waals surface area contributed by atoms with E-state index >= 15 is 0 Å². The van der Waals surface area contributed by atoms with E-state index in [1.807, 2.05) is 22.8 Å². The molecule has 1 aliphatic rings. The van der Waals surface area contributed by atoms with Crippen LogP contribution in [0.25, 0.3) is 11.2 Å². The number of aromatic nitrogens is 3. The van der Waals surface area contributed by atoms with Gasteiger partial charge in [0.25, 0.3) is 0 Å². The minimum Gasteiger partial charge on any atom is -0.358 e. The average Bonchev–Trinajstić information content (AvgIpc) is 3.16. The minimum absolute atomic E-state index is 0.0540. The number of rotatable bonds is 3. The maximum absolute atomic E-state index is 14.0. The number of benzene rings is 1. The van der Waals surface area contributed by atoms with Gasteiger partial charge in [-0.25, -0.2) is 14.4 Å². The molecule has 3 aromatic rings. The number of halogens is 1. The average molecular weight is 297 g/mol. The van der Waals surface area contributed by atoms with Gasteiger partial charge in [0.2, 0.25) is 0 Å². The Morgan fingerprint density at radius 2 is 2.14 bits per heavy atom. The third kappa shape index (κ3) is 2.27. The molecule has 112 valence electrons. The molecule has 4 rings (SSSR count). The molecule has 0 radical (unpaired) electrons. The number of pyridine rings is 1. The van der Waals surface area contributed by atoms with Crippen molar-refractivity contribution in [3.05, 3.63) is 59.8 Å². The summed E-state index contributed by atoms with van der Waals surface area (Å²) in [5.41, 5.74) is 2.27. The molecule has 1 aliphatic heterocycles. The second-order valence-electron chi connectivity index (χ2n) is 5.48. The molecule has 1 aromatic carbocycles. The zero-order valence-electron chi connectivity index (χ0n) is 12.1.